The van der Waals surface area contributed by atoms with E-state index in [9.17, 15) is 14.4 Å². The molecule has 1 N–H and O–H groups in total. The fraction of sp³-hybridized carbons (Fsp3) is 0.812. The van der Waals surface area contributed by atoms with Crippen LogP contribution in [0.4, 0.5) is 4.79 Å². The van der Waals surface area contributed by atoms with Crippen LogP contribution in [0.1, 0.15) is 39.0 Å². The molecule has 4 amide bonds. The molecule has 0 aromatic rings. The summed E-state index contributed by atoms with van der Waals surface area (Å²) in [7, 11) is 0. The molecule has 3 aliphatic rings. The van der Waals surface area contributed by atoms with Crippen LogP contribution in [0.15, 0.2) is 0 Å². The van der Waals surface area contributed by atoms with Crippen LogP contribution in [0, 0.1) is 0 Å². The Morgan fingerprint density at radius 3 is 2.39 bits per heavy atom. The number of urea groups is 1. The van der Waals surface area contributed by atoms with Gasteiger partial charge in [-0.25, -0.2) is 4.79 Å². The molecule has 2 aliphatic heterocycles. The van der Waals surface area contributed by atoms with Gasteiger partial charge in [-0.3, -0.25) is 14.5 Å². The molecule has 0 radical (unpaired) electrons. The molecule has 3 fully saturated rings. The van der Waals surface area contributed by atoms with E-state index in [1.165, 1.54) is 4.90 Å². The number of rotatable bonds is 4. The predicted molar refractivity (Wildman–Crippen MR) is 84.8 cm³/mol. The van der Waals surface area contributed by atoms with Gasteiger partial charge in [-0.1, -0.05) is 19.8 Å². The second kappa shape index (κ2) is 6.47. The minimum atomic E-state index is -0.674. The Balaban J connectivity index is 1.51. The van der Waals surface area contributed by atoms with E-state index in [1.807, 2.05) is 4.90 Å². The average molecular weight is 322 g/mol. The van der Waals surface area contributed by atoms with E-state index in [4.69, 9.17) is 0 Å². The normalized spacial score (nSPS) is 24.6. The van der Waals surface area contributed by atoms with Crippen molar-refractivity contribution in [1.29, 1.82) is 0 Å². The summed E-state index contributed by atoms with van der Waals surface area (Å²) in [5.74, 6) is -0.0997. The number of nitrogens with one attached hydrogen (secondary N) is 1. The van der Waals surface area contributed by atoms with Crippen molar-refractivity contribution in [3.05, 3.63) is 0 Å². The lowest BCUT2D eigenvalue weighted by atomic mass is 9.98. The van der Waals surface area contributed by atoms with Gasteiger partial charge in [0.2, 0.25) is 5.91 Å². The van der Waals surface area contributed by atoms with Gasteiger partial charge in [0.1, 0.15) is 5.54 Å². The summed E-state index contributed by atoms with van der Waals surface area (Å²) in [6.45, 7) is 6.58. The van der Waals surface area contributed by atoms with Crippen molar-refractivity contribution in [2.75, 3.05) is 39.3 Å². The van der Waals surface area contributed by atoms with Crippen molar-refractivity contribution in [3.8, 4) is 0 Å². The lowest BCUT2D eigenvalue weighted by molar-refractivity contribution is -0.134. The maximum Gasteiger partial charge on any atom is 0.325 e. The van der Waals surface area contributed by atoms with Crippen molar-refractivity contribution in [1.82, 2.24) is 20.0 Å². The van der Waals surface area contributed by atoms with E-state index < -0.39 is 5.54 Å². The topological polar surface area (TPSA) is 73.0 Å². The van der Waals surface area contributed by atoms with E-state index in [1.54, 1.807) is 0 Å². The van der Waals surface area contributed by atoms with Crippen LogP contribution in [-0.4, -0.2) is 77.4 Å². The van der Waals surface area contributed by atoms with Gasteiger partial charge in [-0.15, -0.1) is 0 Å². The van der Waals surface area contributed by atoms with Crippen molar-refractivity contribution < 1.29 is 14.4 Å². The molecule has 0 atom stereocenters. The van der Waals surface area contributed by atoms with Crippen molar-refractivity contribution in [2.24, 2.45) is 0 Å². The van der Waals surface area contributed by atoms with Gasteiger partial charge in [0.05, 0.1) is 0 Å². The Kier molecular flexibility index (Phi) is 4.57. The maximum atomic E-state index is 12.5. The van der Waals surface area contributed by atoms with E-state index in [0.29, 0.717) is 0 Å². The summed E-state index contributed by atoms with van der Waals surface area (Å²) in [6.07, 6.45) is 3.62. The third-order valence-corrected chi connectivity index (χ3v) is 5.42. The highest BCUT2D eigenvalue weighted by Gasteiger charge is 2.52. The van der Waals surface area contributed by atoms with Gasteiger partial charge in [-0.2, -0.15) is 0 Å². The van der Waals surface area contributed by atoms with Gasteiger partial charge in [0.15, 0.2) is 0 Å². The molecule has 0 unspecified atom stereocenters. The standard InChI is InChI=1S/C16H26N4O3/c1-2-18-9-11-19(12-10-18)13(21)5-8-20-14(22)16(17-15(20)23)6-3-4-7-16/h2-12H2,1H3,(H,17,23). The third-order valence-electron chi connectivity index (χ3n) is 5.42. The van der Waals surface area contributed by atoms with E-state index in [0.717, 1.165) is 58.4 Å². The number of carbonyl (C=O) groups excluding carboxylic acids is 3. The first-order valence-corrected chi connectivity index (χ1v) is 8.70. The first kappa shape index (κ1) is 16.2. The van der Waals surface area contributed by atoms with Crippen LogP contribution < -0.4 is 5.32 Å². The third kappa shape index (κ3) is 3.06. The summed E-state index contributed by atoms with van der Waals surface area (Å²) in [4.78, 5) is 42.3. The monoisotopic (exact) mass is 322 g/mol. The van der Waals surface area contributed by atoms with Gasteiger partial charge in [0, 0.05) is 39.1 Å². The molecule has 7 heteroatoms. The highest BCUT2D eigenvalue weighted by atomic mass is 16.2. The van der Waals surface area contributed by atoms with Crippen molar-refractivity contribution >= 4 is 17.8 Å². The minimum absolute atomic E-state index is 0.0359. The molecule has 3 rings (SSSR count). The number of likely N-dealkylation sites (N-methyl/N-ethyl adjacent to an activating group) is 1. The van der Waals surface area contributed by atoms with Gasteiger partial charge in [0.25, 0.3) is 5.91 Å². The SMILES string of the molecule is CCN1CCN(C(=O)CCN2C(=O)NC3(CCCC3)C2=O)CC1. The second-order valence-electron chi connectivity index (χ2n) is 6.74. The van der Waals surface area contributed by atoms with Crippen LogP contribution in [-0.2, 0) is 9.59 Å². The zero-order chi connectivity index (χ0) is 16.4. The summed E-state index contributed by atoms with van der Waals surface area (Å²) in [5.41, 5.74) is -0.674. The van der Waals surface area contributed by atoms with Gasteiger partial charge in [-0.05, 0) is 19.4 Å². The summed E-state index contributed by atoms with van der Waals surface area (Å²) in [5, 5.41) is 2.85. The summed E-state index contributed by atoms with van der Waals surface area (Å²) >= 11 is 0. The first-order valence-electron chi connectivity index (χ1n) is 8.70. The number of nitrogens with zero attached hydrogens (tertiary/aromatic N) is 3. The number of carbonyl (C=O) groups is 3. The molecule has 2 heterocycles. The zero-order valence-electron chi connectivity index (χ0n) is 13.8. The molecule has 0 bridgehead atoms. The maximum absolute atomic E-state index is 12.5. The number of piperazine rings is 1. The second-order valence-corrected chi connectivity index (χ2v) is 6.74. The zero-order valence-corrected chi connectivity index (χ0v) is 13.8. The smallest absolute Gasteiger partial charge is 0.325 e. The first-order chi connectivity index (χ1) is 11.1. The quantitative estimate of drug-likeness (QED) is 0.761. The van der Waals surface area contributed by atoms with Crippen LogP contribution in [0.3, 0.4) is 0 Å². The molecule has 0 aromatic carbocycles. The lowest BCUT2D eigenvalue weighted by Gasteiger charge is -2.34. The molecule has 1 aliphatic carbocycles. The molecular weight excluding hydrogens is 296 g/mol. The van der Waals surface area contributed by atoms with Gasteiger partial charge < -0.3 is 15.1 Å². The molecule has 128 valence electrons. The Morgan fingerprint density at radius 2 is 1.78 bits per heavy atom. The van der Waals surface area contributed by atoms with Crippen molar-refractivity contribution in [2.45, 2.75) is 44.6 Å². The summed E-state index contributed by atoms with van der Waals surface area (Å²) in [6, 6.07) is -0.333. The van der Waals surface area contributed by atoms with Crippen LogP contribution >= 0.6 is 0 Å². The Hall–Kier alpha value is -1.63. The highest BCUT2D eigenvalue weighted by molar-refractivity contribution is 6.07. The van der Waals surface area contributed by atoms with Crippen LogP contribution in [0.2, 0.25) is 0 Å². The van der Waals surface area contributed by atoms with Crippen molar-refractivity contribution in [3.63, 3.8) is 0 Å². The molecule has 2 saturated heterocycles. The largest absolute Gasteiger partial charge is 0.340 e. The Bertz CT molecular complexity index is 494. The van der Waals surface area contributed by atoms with E-state index >= 15 is 0 Å². The Morgan fingerprint density at radius 1 is 1.13 bits per heavy atom. The Labute approximate surface area is 137 Å². The highest BCUT2D eigenvalue weighted by Crippen LogP contribution is 2.35. The fourth-order valence-corrected chi connectivity index (χ4v) is 3.88. The number of hydrogen-bond acceptors (Lipinski definition) is 4. The number of amides is 4. The fourth-order valence-electron chi connectivity index (χ4n) is 3.88. The summed E-state index contributed by atoms with van der Waals surface area (Å²) < 4.78 is 0. The van der Waals surface area contributed by atoms with E-state index in [-0.39, 0.29) is 30.8 Å². The molecule has 1 spiro atoms. The van der Waals surface area contributed by atoms with Crippen LogP contribution in [0.5, 0.6) is 0 Å². The predicted octanol–water partition coefficient (Wildman–Crippen LogP) is 0.405. The molecule has 1 saturated carbocycles. The van der Waals surface area contributed by atoms with E-state index in [2.05, 4.69) is 17.1 Å². The van der Waals surface area contributed by atoms with Gasteiger partial charge >= 0.3 is 6.03 Å². The van der Waals surface area contributed by atoms with Crippen LogP contribution in [0.25, 0.3) is 0 Å². The number of hydrogen-bond donors (Lipinski definition) is 1. The molecule has 7 nitrogen and oxygen atoms in total. The number of imide groups is 1. The lowest BCUT2D eigenvalue weighted by Crippen LogP contribution is -2.49. The molecular formula is C16H26N4O3. The average Bonchev–Trinajstić information content (AvgIpc) is 3.12. The minimum Gasteiger partial charge on any atom is -0.340 e. The molecule has 0 aromatic heterocycles. The molecule has 23 heavy (non-hydrogen) atoms.